The van der Waals surface area contributed by atoms with Crippen molar-refractivity contribution in [1.29, 1.82) is 0 Å². The molecule has 2 amide bonds. The molecule has 0 aromatic heterocycles. The lowest BCUT2D eigenvalue weighted by atomic mass is 9.97. The topological polar surface area (TPSA) is 63.4 Å². The van der Waals surface area contributed by atoms with Crippen molar-refractivity contribution in [3.63, 3.8) is 0 Å². The largest absolute Gasteiger partial charge is 0.369 e. The van der Waals surface area contributed by atoms with Crippen LogP contribution in [0.2, 0.25) is 0 Å². The maximum absolute atomic E-state index is 11.5. The Labute approximate surface area is 91.9 Å². The molecular weight excluding hydrogens is 248 g/mol. The number of amides is 2. The van der Waals surface area contributed by atoms with Crippen molar-refractivity contribution in [3.05, 3.63) is 0 Å². The van der Waals surface area contributed by atoms with E-state index >= 15 is 0 Å². The van der Waals surface area contributed by atoms with Crippen molar-refractivity contribution < 1.29 is 9.59 Å². The molecule has 1 atom stereocenters. The molecule has 1 unspecified atom stereocenters. The van der Waals surface area contributed by atoms with Crippen molar-refractivity contribution in [3.8, 4) is 0 Å². The van der Waals surface area contributed by atoms with Gasteiger partial charge in [-0.1, -0.05) is 15.9 Å². The fraction of sp³-hybridized carbons (Fsp3) is 0.778. The van der Waals surface area contributed by atoms with E-state index in [-0.39, 0.29) is 17.7 Å². The Hall–Kier alpha value is -0.580. The summed E-state index contributed by atoms with van der Waals surface area (Å²) in [6.07, 6.45) is 2.18. The second kappa shape index (κ2) is 5.34. The van der Waals surface area contributed by atoms with E-state index in [0.29, 0.717) is 18.3 Å². The predicted molar refractivity (Wildman–Crippen MR) is 56.9 cm³/mol. The highest BCUT2D eigenvalue weighted by atomic mass is 79.9. The van der Waals surface area contributed by atoms with Crippen LogP contribution in [-0.4, -0.2) is 35.1 Å². The Morgan fingerprint density at radius 3 is 2.79 bits per heavy atom. The third kappa shape index (κ3) is 2.97. The van der Waals surface area contributed by atoms with Crippen LogP contribution in [0.25, 0.3) is 0 Å². The fourth-order valence-corrected chi connectivity index (χ4v) is 2.01. The number of carbonyl (C=O) groups is 2. The van der Waals surface area contributed by atoms with Crippen LogP contribution < -0.4 is 5.73 Å². The quantitative estimate of drug-likeness (QED) is 0.753. The summed E-state index contributed by atoms with van der Waals surface area (Å²) in [5.74, 6) is -0.336. The van der Waals surface area contributed by atoms with Crippen molar-refractivity contribution in [2.24, 2.45) is 11.7 Å². The first-order valence-electron chi connectivity index (χ1n) is 4.78. The van der Waals surface area contributed by atoms with Gasteiger partial charge in [-0.2, -0.15) is 0 Å². The number of primary amides is 1. The number of likely N-dealkylation sites (tertiary alicyclic amines) is 1. The highest BCUT2D eigenvalue weighted by Gasteiger charge is 2.26. The zero-order valence-corrected chi connectivity index (χ0v) is 9.63. The summed E-state index contributed by atoms with van der Waals surface area (Å²) in [5.41, 5.74) is 5.22. The summed E-state index contributed by atoms with van der Waals surface area (Å²) in [4.78, 5) is 24.2. The molecule has 1 saturated heterocycles. The van der Waals surface area contributed by atoms with Crippen LogP contribution >= 0.6 is 15.9 Å². The monoisotopic (exact) mass is 262 g/mol. The number of halogens is 1. The smallest absolute Gasteiger partial charge is 0.223 e. The first-order valence-corrected chi connectivity index (χ1v) is 5.90. The lowest BCUT2D eigenvalue weighted by molar-refractivity contribution is -0.134. The highest BCUT2D eigenvalue weighted by molar-refractivity contribution is 9.09. The van der Waals surface area contributed by atoms with Gasteiger partial charge in [0.25, 0.3) is 0 Å². The molecular formula is C9H15BrN2O2. The molecule has 1 aliphatic rings. The van der Waals surface area contributed by atoms with Gasteiger partial charge in [-0.15, -0.1) is 0 Å². The minimum absolute atomic E-state index is 0.104. The maximum atomic E-state index is 11.5. The lowest BCUT2D eigenvalue weighted by Crippen LogP contribution is -2.44. The molecule has 0 saturated carbocycles. The van der Waals surface area contributed by atoms with Crippen molar-refractivity contribution in [1.82, 2.24) is 4.90 Å². The number of piperidine rings is 1. The zero-order chi connectivity index (χ0) is 10.6. The summed E-state index contributed by atoms with van der Waals surface area (Å²) in [6, 6.07) is 0. The molecule has 0 aromatic carbocycles. The number of carbonyl (C=O) groups excluding carboxylic acids is 2. The van der Waals surface area contributed by atoms with E-state index in [2.05, 4.69) is 15.9 Å². The van der Waals surface area contributed by atoms with E-state index in [4.69, 9.17) is 5.73 Å². The van der Waals surface area contributed by atoms with Gasteiger partial charge in [-0.3, -0.25) is 9.59 Å². The third-order valence-corrected chi connectivity index (χ3v) is 2.88. The van der Waals surface area contributed by atoms with E-state index in [9.17, 15) is 9.59 Å². The summed E-state index contributed by atoms with van der Waals surface area (Å²) in [6.45, 7) is 1.26. The minimum atomic E-state index is -0.290. The number of hydrogen-bond donors (Lipinski definition) is 1. The molecule has 1 heterocycles. The van der Waals surface area contributed by atoms with Crippen LogP contribution in [0, 0.1) is 5.92 Å². The van der Waals surface area contributed by atoms with Crippen LogP contribution in [0.3, 0.4) is 0 Å². The van der Waals surface area contributed by atoms with Crippen LogP contribution in [0.4, 0.5) is 0 Å². The normalized spacial score (nSPS) is 22.1. The van der Waals surface area contributed by atoms with Crippen LogP contribution in [0.1, 0.15) is 19.3 Å². The lowest BCUT2D eigenvalue weighted by Gasteiger charge is -2.31. The molecule has 0 aromatic rings. The van der Waals surface area contributed by atoms with Crippen molar-refractivity contribution in [2.45, 2.75) is 19.3 Å². The van der Waals surface area contributed by atoms with Gasteiger partial charge in [0.2, 0.25) is 11.8 Å². The SMILES string of the molecule is NC(=O)C1CCCN(C(=O)CCBr)C1. The number of nitrogens with two attached hydrogens (primary N) is 1. The van der Waals surface area contributed by atoms with Crippen LogP contribution in [0.5, 0.6) is 0 Å². The van der Waals surface area contributed by atoms with E-state index in [1.54, 1.807) is 4.90 Å². The number of hydrogen-bond acceptors (Lipinski definition) is 2. The van der Waals surface area contributed by atoms with Gasteiger partial charge in [0.15, 0.2) is 0 Å². The molecule has 0 aliphatic carbocycles. The Balaban J connectivity index is 2.47. The van der Waals surface area contributed by atoms with Gasteiger partial charge >= 0.3 is 0 Å². The zero-order valence-electron chi connectivity index (χ0n) is 8.04. The standard InChI is InChI=1S/C9H15BrN2O2/c10-4-3-8(13)12-5-1-2-7(6-12)9(11)14/h7H,1-6H2,(H2,11,14). The molecule has 0 spiro atoms. The van der Waals surface area contributed by atoms with E-state index in [1.807, 2.05) is 0 Å². The number of rotatable bonds is 3. The molecule has 0 bridgehead atoms. The average Bonchev–Trinajstić information content (AvgIpc) is 2.18. The Kier molecular flexibility index (Phi) is 4.38. The van der Waals surface area contributed by atoms with Gasteiger partial charge < -0.3 is 10.6 Å². The van der Waals surface area contributed by atoms with E-state index < -0.39 is 0 Å². The van der Waals surface area contributed by atoms with Gasteiger partial charge in [-0.25, -0.2) is 0 Å². The Morgan fingerprint density at radius 2 is 2.21 bits per heavy atom. The molecule has 1 aliphatic heterocycles. The van der Waals surface area contributed by atoms with Crippen LogP contribution in [0.15, 0.2) is 0 Å². The van der Waals surface area contributed by atoms with Gasteiger partial charge in [0.05, 0.1) is 5.92 Å². The van der Waals surface area contributed by atoms with Gasteiger partial charge in [0.1, 0.15) is 0 Å². The summed E-state index contributed by atoms with van der Waals surface area (Å²) in [7, 11) is 0. The Bertz CT molecular complexity index is 233. The van der Waals surface area contributed by atoms with Crippen molar-refractivity contribution in [2.75, 3.05) is 18.4 Å². The molecule has 2 N–H and O–H groups in total. The molecule has 0 radical (unpaired) electrons. The molecule has 1 rings (SSSR count). The van der Waals surface area contributed by atoms with Crippen molar-refractivity contribution >= 4 is 27.7 Å². The Morgan fingerprint density at radius 1 is 1.50 bits per heavy atom. The predicted octanol–water partition coefficient (Wildman–Crippen LogP) is 0.495. The second-order valence-electron chi connectivity index (χ2n) is 3.52. The van der Waals surface area contributed by atoms with E-state index in [0.717, 1.165) is 19.4 Å². The van der Waals surface area contributed by atoms with Gasteiger partial charge in [0, 0.05) is 24.8 Å². The molecule has 14 heavy (non-hydrogen) atoms. The third-order valence-electron chi connectivity index (χ3n) is 2.48. The number of nitrogens with zero attached hydrogens (tertiary/aromatic N) is 1. The molecule has 5 heteroatoms. The molecule has 1 fully saturated rings. The van der Waals surface area contributed by atoms with Gasteiger partial charge in [-0.05, 0) is 12.8 Å². The average molecular weight is 263 g/mol. The van der Waals surface area contributed by atoms with E-state index in [1.165, 1.54) is 0 Å². The maximum Gasteiger partial charge on any atom is 0.223 e. The first kappa shape index (κ1) is 11.5. The van der Waals surface area contributed by atoms with Crippen LogP contribution in [-0.2, 0) is 9.59 Å². The number of alkyl halides is 1. The first-order chi connectivity index (χ1) is 6.65. The fourth-order valence-electron chi connectivity index (χ4n) is 1.67. The highest BCUT2D eigenvalue weighted by Crippen LogP contribution is 2.16. The second-order valence-corrected chi connectivity index (χ2v) is 4.31. The molecule has 4 nitrogen and oxygen atoms in total. The summed E-state index contributed by atoms with van der Waals surface area (Å²) >= 11 is 3.22. The minimum Gasteiger partial charge on any atom is -0.369 e. The summed E-state index contributed by atoms with van der Waals surface area (Å²) < 4.78 is 0. The molecule has 80 valence electrons. The summed E-state index contributed by atoms with van der Waals surface area (Å²) in [5, 5.41) is 0.670.